The molecule has 0 aliphatic heterocycles. The van der Waals surface area contributed by atoms with Gasteiger partial charge in [0.2, 0.25) is 0 Å². The Morgan fingerprint density at radius 3 is 2.00 bits per heavy atom. The molecule has 0 saturated heterocycles. The van der Waals surface area contributed by atoms with Crippen LogP contribution in [0.1, 0.15) is 26.3 Å². The second-order valence-corrected chi connectivity index (χ2v) is 5.17. The first-order valence-corrected chi connectivity index (χ1v) is 5.33. The van der Waals surface area contributed by atoms with Gasteiger partial charge in [-0.1, -0.05) is 35.0 Å². The molecule has 80 valence electrons. The fourth-order valence-corrected chi connectivity index (χ4v) is 1.56. The van der Waals surface area contributed by atoms with E-state index in [0.717, 1.165) is 0 Å². The van der Waals surface area contributed by atoms with E-state index in [0.29, 0.717) is 21.3 Å². The number of rotatable bonds is 0. The van der Waals surface area contributed by atoms with Gasteiger partial charge in [0, 0.05) is 11.1 Å². The standard InChI is InChI=1S/C12H13Cl2N/c1-12(2,3)5-4-9-10(13)6-8(15)7-11(9)14/h6-7H,15H2,1-3H3. The zero-order chi connectivity index (χ0) is 11.6. The summed E-state index contributed by atoms with van der Waals surface area (Å²) in [5, 5.41) is 0.994. The molecule has 0 spiro atoms. The molecule has 0 aliphatic carbocycles. The molecule has 0 heterocycles. The van der Waals surface area contributed by atoms with Gasteiger partial charge in [0.15, 0.2) is 0 Å². The summed E-state index contributed by atoms with van der Waals surface area (Å²) in [6.45, 7) is 6.08. The van der Waals surface area contributed by atoms with Gasteiger partial charge in [-0.2, -0.15) is 0 Å². The zero-order valence-electron chi connectivity index (χ0n) is 8.99. The van der Waals surface area contributed by atoms with Crippen LogP contribution in [0.25, 0.3) is 0 Å². The van der Waals surface area contributed by atoms with Crippen molar-refractivity contribution in [2.45, 2.75) is 20.8 Å². The topological polar surface area (TPSA) is 26.0 Å². The van der Waals surface area contributed by atoms with E-state index in [1.807, 2.05) is 20.8 Å². The molecule has 0 unspecified atom stereocenters. The van der Waals surface area contributed by atoms with Crippen LogP contribution in [0, 0.1) is 17.3 Å². The number of nitrogen functional groups attached to an aromatic ring is 1. The second-order valence-electron chi connectivity index (χ2n) is 4.36. The Kier molecular flexibility index (Phi) is 3.54. The average Bonchev–Trinajstić information content (AvgIpc) is 1.99. The van der Waals surface area contributed by atoms with E-state index >= 15 is 0 Å². The predicted molar refractivity (Wildman–Crippen MR) is 67.2 cm³/mol. The monoisotopic (exact) mass is 241 g/mol. The lowest BCUT2D eigenvalue weighted by molar-refractivity contribution is 0.571. The number of nitrogens with two attached hydrogens (primary N) is 1. The molecular formula is C12H13Cl2N. The normalized spacial score (nSPS) is 10.7. The summed E-state index contributed by atoms with van der Waals surface area (Å²) in [5.41, 5.74) is 6.71. The molecule has 0 fully saturated rings. The molecular weight excluding hydrogens is 229 g/mol. The lowest BCUT2D eigenvalue weighted by atomic mass is 9.97. The Morgan fingerprint density at radius 1 is 1.13 bits per heavy atom. The molecule has 15 heavy (non-hydrogen) atoms. The number of halogens is 2. The van der Waals surface area contributed by atoms with Crippen molar-refractivity contribution in [1.82, 2.24) is 0 Å². The third kappa shape index (κ3) is 3.66. The summed E-state index contributed by atoms with van der Waals surface area (Å²) in [6.07, 6.45) is 0. The smallest absolute Gasteiger partial charge is 0.0619 e. The highest BCUT2D eigenvalue weighted by molar-refractivity contribution is 6.37. The van der Waals surface area contributed by atoms with Gasteiger partial charge in [0.05, 0.1) is 15.6 Å². The molecule has 1 aromatic carbocycles. The van der Waals surface area contributed by atoms with Gasteiger partial charge in [-0.3, -0.25) is 0 Å². The molecule has 1 nitrogen and oxygen atoms in total. The van der Waals surface area contributed by atoms with Gasteiger partial charge in [0.1, 0.15) is 0 Å². The highest BCUT2D eigenvalue weighted by Gasteiger charge is 2.07. The van der Waals surface area contributed by atoms with Crippen molar-refractivity contribution in [2.24, 2.45) is 5.41 Å². The van der Waals surface area contributed by atoms with E-state index in [1.54, 1.807) is 12.1 Å². The number of anilines is 1. The first kappa shape index (κ1) is 12.2. The molecule has 0 aromatic heterocycles. The third-order valence-corrected chi connectivity index (χ3v) is 2.22. The summed E-state index contributed by atoms with van der Waals surface area (Å²) in [6, 6.07) is 3.31. The van der Waals surface area contributed by atoms with Crippen molar-refractivity contribution in [1.29, 1.82) is 0 Å². The molecule has 2 N–H and O–H groups in total. The Morgan fingerprint density at radius 2 is 1.60 bits per heavy atom. The summed E-state index contributed by atoms with van der Waals surface area (Å²) >= 11 is 12.0. The highest BCUT2D eigenvalue weighted by atomic mass is 35.5. The van der Waals surface area contributed by atoms with E-state index in [9.17, 15) is 0 Å². The first-order chi connectivity index (χ1) is 6.79. The number of hydrogen-bond donors (Lipinski definition) is 1. The summed E-state index contributed by atoms with van der Waals surface area (Å²) in [5.74, 6) is 6.06. The van der Waals surface area contributed by atoms with Crippen molar-refractivity contribution in [3.63, 3.8) is 0 Å². The van der Waals surface area contributed by atoms with Crippen molar-refractivity contribution >= 4 is 28.9 Å². The number of hydrogen-bond acceptors (Lipinski definition) is 1. The Hall–Kier alpha value is -0.840. The van der Waals surface area contributed by atoms with Gasteiger partial charge in [-0.05, 0) is 32.9 Å². The Bertz CT molecular complexity index is 410. The van der Waals surface area contributed by atoms with E-state index < -0.39 is 0 Å². The van der Waals surface area contributed by atoms with Crippen LogP contribution in [0.4, 0.5) is 5.69 Å². The molecule has 0 aliphatic rings. The van der Waals surface area contributed by atoms with Crippen molar-refractivity contribution in [2.75, 3.05) is 5.73 Å². The largest absolute Gasteiger partial charge is 0.399 e. The van der Waals surface area contributed by atoms with Gasteiger partial charge in [-0.15, -0.1) is 0 Å². The van der Waals surface area contributed by atoms with Crippen LogP contribution in [0.2, 0.25) is 10.0 Å². The summed E-state index contributed by atoms with van der Waals surface area (Å²) in [7, 11) is 0. The SMILES string of the molecule is CC(C)(C)C#Cc1c(Cl)cc(N)cc1Cl. The van der Waals surface area contributed by atoms with E-state index in [1.165, 1.54) is 0 Å². The van der Waals surface area contributed by atoms with Crippen molar-refractivity contribution in [3.8, 4) is 11.8 Å². The second kappa shape index (κ2) is 4.35. The molecule has 1 rings (SSSR count). The van der Waals surface area contributed by atoms with Crippen LogP contribution in [0.3, 0.4) is 0 Å². The minimum absolute atomic E-state index is 0.0754. The molecule has 0 bridgehead atoms. The van der Waals surface area contributed by atoms with Crippen LogP contribution >= 0.6 is 23.2 Å². The molecule has 0 radical (unpaired) electrons. The third-order valence-electron chi connectivity index (χ3n) is 1.63. The van der Waals surface area contributed by atoms with Gasteiger partial charge in [-0.25, -0.2) is 0 Å². The fourth-order valence-electron chi connectivity index (χ4n) is 0.962. The van der Waals surface area contributed by atoms with Crippen LogP contribution in [0.5, 0.6) is 0 Å². The van der Waals surface area contributed by atoms with Gasteiger partial charge >= 0.3 is 0 Å². The van der Waals surface area contributed by atoms with Gasteiger partial charge < -0.3 is 5.73 Å². The van der Waals surface area contributed by atoms with Crippen molar-refractivity contribution < 1.29 is 0 Å². The van der Waals surface area contributed by atoms with Crippen LogP contribution < -0.4 is 5.73 Å². The summed E-state index contributed by atoms with van der Waals surface area (Å²) in [4.78, 5) is 0. The van der Waals surface area contributed by atoms with Crippen LogP contribution in [-0.4, -0.2) is 0 Å². The Balaban J connectivity index is 3.20. The maximum atomic E-state index is 6.00. The highest BCUT2D eigenvalue weighted by Crippen LogP contribution is 2.27. The fraction of sp³-hybridized carbons (Fsp3) is 0.333. The summed E-state index contributed by atoms with van der Waals surface area (Å²) < 4.78 is 0. The van der Waals surface area contributed by atoms with E-state index in [2.05, 4.69) is 11.8 Å². The first-order valence-electron chi connectivity index (χ1n) is 4.57. The Labute approximate surface area is 101 Å². The van der Waals surface area contributed by atoms with E-state index in [-0.39, 0.29) is 5.41 Å². The molecule has 0 atom stereocenters. The van der Waals surface area contributed by atoms with Gasteiger partial charge in [0.25, 0.3) is 0 Å². The lowest BCUT2D eigenvalue weighted by Crippen LogP contribution is -1.99. The molecule has 1 aromatic rings. The minimum Gasteiger partial charge on any atom is -0.399 e. The minimum atomic E-state index is -0.0754. The van der Waals surface area contributed by atoms with Crippen LogP contribution in [-0.2, 0) is 0 Å². The number of benzene rings is 1. The molecule has 0 saturated carbocycles. The van der Waals surface area contributed by atoms with Crippen molar-refractivity contribution in [3.05, 3.63) is 27.7 Å². The maximum Gasteiger partial charge on any atom is 0.0619 e. The predicted octanol–water partition coefficient (Wildman–Crippen LogP) is 3.97. The average molecular weight is 242 g/mol. The maximum absolute atomic E-state index is 6.00. The quantitative estimate of drug-likeness (QED) is 0.540. The van der Waals surface area contributed by atoms with E-state index in [4.69, 9.17) is 28.9 Å². The zero-order valence-corrected chi connectivity index (χ0v) is 10.5. The molecule has 0 amide bonds. The lowest BCUT2D eigenvalue weighted by Gasteiger charge is -2.08. The molecule has 3 heteroatoms. The van der Waals surface area contributed by atoms with Crippen LogP contribution in [0.15, 0.2) is 12.1 Å².